The number of benzene rings is 1. The predicted octanol–water partition coefficient (Wildman–Crippen LogP) is 3.91. The van der Waals surface area contributed by atoms with Crippen LogP contribution >= 0.6 is 0 Å². The fourth-order valence-corrected chi connectivity index (χ4v) is 2.38. The van der Waals surface area contributed by atoms with Crippen LogP contribution in [0.3, 0.4) is 0 Å². The van der Waals surface area contributed by atoms with Crippen LogP contribution in [-0.2, 0) is 6.42 Å². The van der Waals surface area contributed by atoms with Crippen molar-refractivity contribution in [2.75, 3.05) is 7.05 Å². The number of furan rings is 1. The summed E-state index contributed by atoms with van der Waals surface area (Å²) in [6.07, 6.45) is 1.01. The van der Waals surface area contributed by atoms with Crippen molar-refractivity contribution in [1.82, 2.24) is 5.32 Å². The topological polar surface area (TPSA) is 25.2 Å². The molecule has 0 fully saturated rings. The molecule has 0 amide bonds. The van der Waals surface area contributed by atoms with Crippen molar-refractivity contribution in [3.05, 3.63) is 35.6 Å². The zero-order valence-corrected chi connectivity index (χ0v) is 11.1. The molecule has 2 nitrogen and oxygen atoms in total. The standard InChI is InChI=1S/C15H21NO/c1-5-11-7-6-8-12-9-13(17-15(11)12)14(16-4)10(2)3/h6-10,14,16H,5H2,1-4H3. The van der Waals surface area contributed by atoms with E-state index in [2.05, 4.69) is 50.4 Å². The van der Waals surface area contributed by atoms with E-state index < -0.39 is 0 Å². The van der Waals surface area contributed by atoms with Gasteiger partial charge in [-0.3, -0.25) is 0 Å². The van der Waals surface area contributed by atoms with E-state index in [-0.39, 0.29) is 6.04 Å². The largest absolute Gasteiger partial charge is 0.459 e. The minimum atomic E-state index is 0.284. The van der Waals surface area contributed by atoms with Crippen molar-refractivity contribution >= 4 is 11.0 Å². The van der Waals surface area contributed by atoms with Gasteiger partial charge in [-0.05, 0) is 31.0 Å². The molecule has 0 radical (unpaired) electrons. The first kappa shape index (κ1) is 12.2. The summed E-state index contributed by atoms with van der Waals surface area (Å²) in [6.45, 7) is 6.57. The molecular formula is C15H21NO. The molecule has 1 unspecified atom stereocenters. The van der Waals surface area contributed by atoms with Crippen LogP contribution in [-0.4, -0.2) is 7.05 Å². The lowest BCUT2D eigenvalue weighted by atomic mass is 10.0. The smallest absolute Gasteiger partial charge is 0.137 e. The molecule has 1 aromatic heterocycles. The fraction of sp³-hybridized carbons (Fsp3) is 0.467. The fourth-order valence-electron chi connectivity index (χ4n) is 2.38. The van der Waals surface area contributed by atoms with Crippen molar-refractivity contribution in [3.8, 4) is 0 Å². The maximum atomic E-state index is 6.04. The molecule has 0 aliphatic carbocycles. The van der Waals surface area contributed by atoms with Crippen molar-refractivity contribution in [2.24, 2.45) is 5.92 Å². The normalized spacial score (nSPS) is 13.5. The van der Waals surface area contributed by atoms with Crippen LogP contribution in [0.4, 0.5) is 0 Å². The van der Waals surface area contributed by atoms with Crippen LogP contribution < -0.4 is 5.32 Å². The molecule has 2 heteroatoms. The SMILES string of the molecule is CCc1cccc2cc(C(NC)C(C)C)oc12. The summed E-state index contributed by atoms with van der Waals surface area (Å²) in [4.78, 5) is 0. The van der Waals surface area contributed by atoms with E-state index in [1.54, 1.807) is 0 Å². The molecule has 17 heavy (non-hydrogen) atoms. The number of para-hydroxylation sites is 1. The van der Waals surface area contributed by atoms with Crippen molar-refractivity contribution < 1.29 is 4.42 Å². The van der Waals surface area contributed by atoms with Gasteiger partial charge < -0.3 is 9.73 Å². The molecule has 92 valence electrons. The molecule has 2 rings (SSSR count). The van der Waals surface area contributed by atoms with E-state index in [9.17, 15) is 0 Å². The third kappa shape index (κ3) is 2.22. The second-order valence-electron chi connectivity index (χ2n) is 4.85. The Morgan fingerprint density at radius 3 is 2.65 bits per heavy atom. The van der Waals surface area contributed by atoms with Gasteiger partial charge in [0.15, 0.2) is 0 Å². The molecule has 1 aromatic carbocycles. The summed E-state index contributed by atoms with van der Waals surface area (Å²) in [5, 5.41) is 4.53. The van der Waals surface area contributed by atoms with Gasteiger partial charge in [0.1, 0.15) is 11.3 Å². The molecule has 0 bridgehead atoms. The first-order valence-corrected chi connectivity index (χ1v) is 6.36. The third-order valence-corrected chi connectivity index (χ3v) is 3.31. The molecule has 1 heterocycles. The van der Waals surface area contributed by atoms with E-state index >= 15 is 0 Å². The Balaban J connectivity index is 2.50. The highest BCUT2D eigenvalue weighted by atomic mass is 16.3. The molecule has 0 aliphatic rings. The Morgan fingerprint density at radius 1 is 1.29 bits per heavy atom. The molecule has 1 atom stereocenters. The molecule has 0 aliphatic heterocycles. The van der Waals surface area contributed by atoms with Gasteiger partial charge in [0.25, 0.3) is 0 Å². The Kier molecular flexibility index (Phi) is 3.53. The van der Waals surface area contributed by atoms with Crippen LogP contribution in [0.25, 0.3) is 11.0 Å². The molecule has 2 aromatic rings. The van der Waals surface area contributed by atoms with Crippen LogP contribution in [0.15, 0.2) is 28.7 Å². The molecule has 0 saturated heterocycles. The Labute approximate surface area is 103 Å². The average Bonchev–Trinajstić information content (AvgIpc) is 2.72. The van der Waals surface area contributed by atoms with Crippen LogP contribution in [0, 0.1) is 5.92 Å². The highest BCUT2D eigenvalue weighted by Crippen LogP contribution is 2.29. The zero-order valence-electron chi connectivity index (χ0n) is 11.1. The van der Waals surface area contributed by atoms with Crippen molar-refractivity contribution in [2.45, 2.75) is 33.2 Å². The van der Waals surface area contributed by atoms with Gasteiger partial charge >= 0.3 is 0 Å². The number of fused-ring (bicyclic) bond motifs is 1. The third-order valence-electron chi connectivity index (χ3n) is 3.31. The zero-order chi connectivity index (χ0) is 12.4. The Hall–Kier alpha value is -1.28. The average molecular weight is 231 g/mol. The van der Waals surface area contributed by atoms with Gasteiger partial charge in [0.05, 0.1) is 6.04 Å². The minimum Gasteiger partial charge on any atom is -0.459 e. The van der Waals surface area contributed by atoms with Crippen LogP contribution in [0.2, 0.25) is 0 Å². The monoisotopic (exact) mass is 231 g/mol. The summed E-state index contributed by atoms with van der Waals surface area (Å²) >= 11 is 0. The highest BCUT2D eigenvalue weighted by Gasteiger charge is 2.18. The van der Waals surface area contributed by atoms with E-state index in [1.807, 2.05) is 7.05 Å². The van der Waals surface area contributed by atoms with E-state index in [0.717, 1.165) is 17.8 Å². The maximum Gasteiger partial charge on any atom is 0.137 e. The summed E-state index contributed by atoms with van der Waals surface area (Å²) in [6, 6.07) is 8.81. The van der Waals surface area contributed by atoms with E-state index in [1.165, 1.54) is 10.9 Å². The van der Waals surface area contributed by atoms with Gasteiger partial charge in [0, 0.05) is 5.39 Å². The van der Waals surface area contributed by atoms with Crippen molar-refractivity contribution in [3.63, 3.8) is 0 Å². The van der Waals surface area contributed by atoms with Crippen LogP contribution in [0.5, 0.6) is 0 Å². The van der Waals surface area contributed by atoms with E-state index in [0.29, 0.717) is 5.92 Å². The quantitative estimate of drug-likeness (QED) is 0.863. The number of aryl methyl sites for hydroxylation is 1. The summed E-state index contributed by atoms with van der Waals surface area (Å²) in [5.41, 5.74) is 2.33. The second kappa shape index (κ2) is 4.92. The van der Waals surface area contributed by atoms with Crippen LogP contribution in [0.1, 0.15) is 38.1 Å². The number of hydrogen-bond donors (Lipinski definition) is 1. The minimum absolute atomic E-state index is 0.284. The Morgan fingerprint density at radius 2 is 2.06 bits per heavy atom. The first-order valence-electron chi connectivity index (χ1n) is 6.36. The lowest BCUT2D eigenvalue weighted by molar-refractivity contribution is 0.370. The van der Waals surface area contributed by atoms with Gasteiger partial charge in [-0.25, -0.2) is 0 Å². The van der Waals surface area contributed by atoms with Gasteiger partial charge in [-0.2, -0.15) is 0 Å². The van der Waals surface area contributed by atoms with E-state index in [4.69, 9.17) is 4.42 Å². The second-order valence-corrected chi connectivity index (χ2v) is 4.85. The summed E-state index contributed by atoms with van der Waals surface area (Å²) in [7, 11) is 1.98. The van der Waals surface area contributed by atoms with Gasteiger partial charge in [-0.15, -0.1) is 0 Å². The lowest BCUT2D eigenvalue weighted by Gasteiger charge is -2.17. The molecule has 0 spiro atoms. The maximum absolute atomic E-state index is 6.04. The number of nitrogens with one attached hydrogen (secondary N) is 1. The highest BCUT2D eigenvalue weighted by molar-refractivity contribution is 5.81. The van der Waals surface area contributed by atoms with Gasteiger partial charge in [-0.1, -0.05) is 39.0 Å². The summed E-state index contributed by atoms with van der Waals surface area (Å²) < 4.78 is 6.04. The lowest BCUT2D eigenvalue weighted by Crippen LogP contribution is -2.20. The molecule has 1 N–H and O–H groups in total. The first-order chi connectivity index (χ1) is 8.17. The predicted molar refractivity (Wildman–Crippen MR) is 72.2 cm³/mol. The molecule has 0 saturated carbocycles. The number of rotatable bonds is 4. The van der Waals surface area contributed by atoms with Gasteiger partial charge in [0.2, 0.25) is 0 Å². The number of hydrogen-bond acceptors (Lipinski definition) is 2. The Bertz CT molecular complexity index is 499. The molecular weight excluding hydrogens is 210 g/mol. The van der Waals surface area contributed by atoms with Crippen molar-refractivity contribution in [1.29, 1.82) is 0 Å². The summed E-state index contributed by atoms with van der Waals surface area (Å²) in [5.74, 6) is 1.56.